The minimum atomic E-state index is -0.107. The first-order chi connectivity index (χ1) is 9.72. The van der Waals surface area contributed by atoms with E-state index in [4.69, 9.17) is 9.47 Å². The number of rotatable bonds is 4. The fourth-order valence-electron chi connectivity index (χ4n) is 2.08. The van der Waals surface area contributed by atoms with Gasteiger partial charge in [0.25, 0.3) is 0 Å². The molecule has 3 rings (SSSR count). The van der Waals surface area contributed by atoms with E-state index in [1.807, 2.05) is 18.2 Å². The van der Waals surface area contributed by atoms with Crippen molar-refractivity contribution >= 4 is 0 Å². The van der Waals surface area contributed by atoms with Gasteiger partial charge in [-0.15, -0.1) is 0 Å². The predicted octanol–water partition coefficient (Wildman–Crippen LogP) is 2.12. The normalized spacial score (nSPS) is 12.6. The molecule has 2 aromatic rings. The molecule has 0 atom stereocenters. The first-order valence-corrected chi connectivity index (χ1v) is 6.32. The van der Waals surface area contributed by atoms with Crippen molar-refractivity contribution in [3.63, 3.8) is 0 Å². The van der Waals surface area contributed by atoms with Gasteiger partial charge in [-0.25, -0.2) is 0 Å². The second kappa shape index (κ2) is 5.30. The van der Waals surface area contributed by atoms with Crippen LogP contribution in [0.5, 0.6) is 23.0 Å². The van der Waals surface area contributed by atoms with Gasteiger partial charge in [0.05, 0.1) is 0 Å². The topological polar surface area (TPSA) is 71.0 Å². The fraction of sp³-hybridized carbons (Fsp3) is 0.200. The largest absolute Gasteiger partial charge is 0.504 e. The van der Waals surface area contributed by atoms with Crippen LogP contribution in [-0.2, 0) is 13.1 Å². The van der Waals surface area contributed by atoms with Crippen LogP contribution in [0, 0.1) is 0 Å². The number of fused-ring (bicyclic) bond motifs is 1. The summed E-state index contributed by atoms with van der Waals surface area (Å²) < 4.78 is 10.6. The van der Waals surface area contributed by atoms with Crippen molar-refractivity contribution < 1.29 is 19.7 Å². The number of phenolic OH excluding ortho intramolecular Hbond substituents is 2. The van der Waals surface area contributed by atoms with Crippen molar-refractivity contribution in [2.75, 3.05) is 6.79 Å². The van der Waals surface area contributed by atoms with Gasteiger partial charge in [-0.2, -0.15) is 0 Å². The lowest BCUT2D eigenvalue weighted by molar-refractivity contribution is 0.174. The van der Waals surface area contributed by atoms with E-state index in [1.165, 1.54) is 6.07 Å². The monoisotopic (exact) mass is 273 g/mol. The van der Waals surface area contributed by atoms with Crippen LogP contribution >= 0.6 is 0 Å². The van der Waals surface area contributed by atoms with Crippen LogP contribution < -0.4 is 14.8 Å². The molecule has 0 radical (unpaired) electrons. The van der Waals surface area contributed by atoms with Crippen LogP contribution in [0.15, 0.2) is 36.4 Å². The van der Waals surface area contributed by atoms with Gasteiger partial charge in [0.1, 0.15) is 0 Å². The summed E-state index contributed by atoms with van der Waals surface area (Å²) >= 11 is 0. The molecule has 0 saturated heterocycles. The lowest BCUT2D eigenvalue weighted by Crippen LogP contribution is -2.12. The maximum absolute atomic E-state index is 9.41. The van der Waals surface area contributed by atoms with Gasteiger partial charge >= 0.3 is 0 Å². The number of hydrogen-bond donors (Lipinski definition) is 3. The van der Waals surface area contributed by atoms with Crippen LogP contribution in [0.3, 0.4) is 0 Å². The average Bonchev–Trinajstić information content (AvgIpc) is 2.90. The van der Waals surface area contributed by atoms with E-state index in [0.717, 1.165) is 22.6 Å². The molecule has 3 N–H and O–H groups in total. The van der Waals surface area contributed by atoms with Crippen molar-refractivity contribution in [3.05, 3.63) is 47.5 Å². The molecule has 20 heavy (non-hydrogen) atoms. The molecule has 5 heteroatoms. The number of benzene rings is 2. The Balaban J connectivity index is 1.58. The van der Waals surface area contributed by atoms with E-state index in [0.29, 0.717) is 13.1 Å². The summed E-state index contributed by atoms with van der Waals surface area (Å²) in [6, 6.07) is 10.6. The quantitative estimate of drug-likeness (QED) is 0.744. The third-order valence-electron chi connectivity index (χ3n) is 3.14. The van der Waals surface area contributed by atoms with Crippen molar-refractivity contribution in [3.8, 4) is 23.0 Å². The summed E-state index contributed by atoms with van der Waals surface area (Å²) in [4.78, 5) is 0. The van der Waals surface area contributed by atoms with E-state index in [2.05, 4.69) is 5.32 Å². The predicted molar refractivity (Wildman–Crippen MR) is 72.9 cm³/mol. The highest BCUT2D eigenvalue weighted by Gasteiger charge is 2.12. The fourth-order valence-corrected chi connectivity index (χ4v) is 2.08. The lowest BCUT2D eigenvalue weighted by Gasteiger charge is -2.07. The molecule has 104 valence electrons. The van der Waals surface area contributed by atoms with Gasteiger partial charge in [-0.3, -0.25) is 0 Å². The van der Waals surface area contributed by atoms with Crippen LogP contribution in [0.1, 0.15) is 11.1 Å². The molecule has 1 heterocycles. The van der Waals surface area contributed by atoms with Gasteiger partial charge in [0.15, 0.2) is 23.0 Å². The Kier molecular flexibility index (Phi) is 3.35. The van der Waals surface area contributed by atoms with E-state index in [9.17, 15) is 10.2 Å². The summed E-state index contributed by atoms with van der Waals surface area (Å²) in [5.74, 6) is 1.33. The lowest BCUT2D eigenvalue weighted by atomic mass is 10.1. The molecular formula is C15H15NO4. The van der Waals surface area contributed by atoms with Gasteiger partial charge < -0.3 is 25.0 Å². The summed E-state index contributed by atoms with van der Waals surface area (Å²) in [7, 11) is 0. The molecule has 1 aliphatic heterocycles. The molecule has 0 bridgehead atoms. The second-order valence-electron chi connectivity index (χ2n) is 4.61. The minimum Gasteiger partial charge on any atom is -0.504 e. The molecule has 1 aliphatic rings. The van der Waals surface area contributed by atoms with Crippen LogP contribution in [0.25, 0.3) is 0 Å². The SMILES string of the molecule is Oc1ccc(CNCc2ccc3c(c2)OCO3)cc1O. The maximum Gasteiger partial charge on any atom is 0.231 e. The summed E-state index contributed by atoms with van der Waals surface area (Å²) in [6.45, 7) is 1.56. The summed E-state index contributed by atoms with van der Waals surface area (Å²) in [5, 5.41) is 21.9. The Morgan fingerprint density at radius 2 is 1.55 bits per heavy atom. The zero-order chi connectivity index (χ0) is 13.9. The summed E-state index contributed by atoms with van der Waals surface area (Å²) in [6.07, 6.45) is 0. The van der Waals surface area contributed by atoms with Crippen molar-refractivity contribution in [1.82, 2.24) is 5.32 Å². The van der Waals surface area contributed by atoms with Gasteiger partial charge in [-0.1, -0.05) is 12.1 Å². The Hall–Kier alpha value is -2.40. The number of phenols is 2. The molecule has 0 unspecified atom stereocenters. The molecule has 0 spiro atoms. The molecule has 0 aliphatic carbocycles. The molecule has 0 amide bonds. The van der Waals surface area contributed by atoms with E-state index in [1.54, 1.807) is 12.1 Å². The Morgan fingerprint density at radius 1 is 0.850 bits per heavy atom. The van der Waals surface area contributed by atoms with Crippen molar-refractivity contribution in [2.45, 2.75) is 13.1 Å². The summed E-state index contributed by atoms with van der Waals surface area (Å²) in [5.41, 5.74) is 2.00. The van der Waals surface area contributed by atoms with Crippen LogP contribution in [0.2, 0.25) is 0 Å². The highest BCUT2D eigenvalue weighted by Crippen LogP contribution is 2.32. The second-order valence-corrected chi connectivity index (χ2v) is 4.61. The molecule has 5 nitrogen and oxygen atoms in total. The van der Waals surface area contributed by atoms with Crippen molar-refractivity contribution in [1.29, 1.82) is 0 Å². The van der Waals surface area contributed by atoms with E-state index >= 15 is 0 Å². The molecular weight excluding hydrogens is 258 g/mol. The highest BCUT2D eigenvalue weighted by atomic mass is 16.7. The smallest absolute Gasteiger partial charge is 0.231 e. The third kappa shape index (κ3) is 2.62. The molecule has 0 fully saturated rings. The first kappa shape index (κ1) is 12.6. The third-order valence-corrected chi connectivity index (χ3v) is 3.14. The molecule has 0 aromatic heterocycles. The van der Waals surface area contributed by atoms with Crippen LogP contribution in [-0.4, -0.2) is 17.0 Å². The van der Waals surface area contributed by atoms with Gasteiger partial charge in [0, 0.05) is 13.1 Å². The van der Waals surface area contributed by atoms with Crippen LogP contribution in [0.4, 0.5) is 0 Å². The molecule has 0 saturated carbocycles. The Bertz CT molecular complexity index is 627. The van der Waals surface area contributed by atoms with E-state index < -0.39 is 0 Å². The van der Waals surface area contributed by atoms with Gasteiger partial charge in [-0.05, 0) is 35.4 Å². The van der Waals surface area contributed by atoms with Crippen molar-refractivity contribution in [2.24, 2.45) is 0 Å². The Labute approximate surface area is 116 Å². The zero-order valence-electron chi connectivity index (χ0n) is 10.8. The number of ether oxygens (including phenoxy) is 2. The van der Waals surface area contributed by atoms with Gasteiger partial charge in [0.2, 0.25) is 6.79 Å². The molecule has 2 aromatic carbocycles. The number of hydrogen-bond acceptors (Lipinski definition) is 5. The first-order valence-electron chi connectivity index (χ1n) is 6.32. The highest BCUT2D eigenvalue weighted by molar-refractivity contribution is 5.44. The average molecular weight is 273 g/mol. The maximum atomic E-state index is 9.41. The Morgan fingerprint density at radius 3 is 2.35 bits per heavy atom. The zero-order valence-corrected chi connectivity index (χ0v) is 10.8. The van der Waals surface area contributed by atoms with E-state index in [-0.39, 0.29) is 18.3 Å². The number of nitrogens with one attached hydrogen (secondary N) is 1. The standard InChI is InChI=1S/C15H15NO4/c17-12-3-1-10(5-13(12)18)7-16-8-11-2-4-14-15(6-11)20-9-19-14/h1-6,16-18H,7-9H2. The minimum absolute atomic E-state index is 0.104. The number of aromatic hydroxyl groups is 2.